The number of aryl methyl sites for hydroxylation is 1. The molecule has 0 spiro atoms. The molecule has 0 aliphatic heterocycles. The monoisotopic (exact) mass is 445 g/mol. The number of nitrogens with zero attached hydrogens (tertiary/aromatic N) is 1. The molecule has 7 heteroatoms. The van der Waals surface area contributed by atoms with Crippen molar-refractivity contribution in [2.75, 3.05) is 14.2 Å². The zero-order valence-corrected chi connectivity index (χ0v) is 19.3. The Morgan fingerprint density at radius 2 is 1.84 bits per heavy atom. The molecule has 0 saturated heterocycles. The number of rotatable bonds is 10. The third kappa shape index (κ3) is 6.69. The van der Waals surface area contributed by atoms with E-state index in [1.807, 2.05) is 6.92 Å². The number of halogens is 1. The summed E-state index contributed by atoms with van der Waals surface area (Å²) in [6.45, 7) is 6.43. The van der Waals surface area contributed by atoms with E-state index < -0.39 is 18.2 Å². The lowest BCUT2D eigenvalue weighted by molar-refractivity contribution is -0.143. The second kappa shape index (κ2) is 11.9. The van der Waals surface area contributed by atoms with Gasteiger partial charge in [0, 0.05) is 35.9 Å². The van der Waals surface area contributed by atoms with Gasteiger partial charge in [0.1, 0.15) is 5.82 Å². The van der Waals surface area contributed by atoms with E-state index in [2.05, 4.69) is 18.6 Å². The van der Waals surface area contributed by atoms with Gasteiger partial charge in [-0.2, -0.15) is 0 Å². The third-order valence-corrected chi connectivity index (χ3v) is 5.20. The van der Waals surface area contributed by atoms with Gasteiger partial charge in [-0.15, -0.1) is 0 Å². The van der Waals surface area contributed by atoms with Crippen molar-refractivity contribution < 1.29 is 28.9 Å². The third-order valence-electron chi connectivity index (χ3n) is 5.20. The van der Waals surface area contributed by atoms with E-state index in [4.69, 9.17) is 9.72 Å². The molecule has 2 aromatic rings. The molecule has 1 heterocycles. The van der Waals surface area contributed by atoms with Crippen LogP contribution in [0.25, 0.3) is 17.3 Å². The summed E-state index contributed by atoms with van der Waals surface area (Å²) in [6.07, 6.45) is 1.13. The Morgan fingerprint density at radius 3 is 2.41 bits per heavy atom. The van der Waals surface area contributed by atoms with Crippen LogP contribution in [0.15, 0.2) is 30.3 Å². The molecule has 6 nitrogen and oxygen atoms in total. The van der Waals surface area contributed by atoms with Crippen molar-refractivity contribution in [2.45, 2.75) is 58.3 Å². The van der Waals surface area contributed by atoms with Crippen LogP contribution in [0, 0.1) is 12.7 Å². The highest BCUT2D eigenvalue weighted by Gasteiger charge is 2.20. The standard InChI is InChI=1S/C25H32FNO5/c1-15(2)24-21(11-10-19(28)12-20(29)13-23(30)32-5)25(17-6-8-18(26)9-7-17)27-16(3)22(24)14-31-4/h6-11,15,19-20,28-29H,12-14H2,1-5H3. The Balaban J connectivity index is 2.51. The number of ether oxygens (including phenoxy) is 2. The number of hydrogen-bond donors (Lipinski definition) is 2. The van der Waals surface area contributed by atoms with Gasteiger partial charge in [0.15, 0.2) is 0 Å². The molecule has 2 atom stereocenters. The van der Waals surface area contributed by atoms with E-state index in [1.54, 1.807) is 31.4 Å². The van der Waals surface area contributed by atoms with Crippen molar-refractivity contribution >= 4 is 12.0 Å². The van der Waals surface area contributed by atoms with Gasteiger partial charge >= 0.3 is 5.97 Å². The average Bonchev–Trinajstić information content (AvgIpc) is 2.73. The summed E-state index contributed by atoms with van der Waals surface area (Å²) >= 11 is 0. The van der Waals surface area contributed by atoms with Crippen LogP contribution in [-0.4, -0.2) is 47.6 Å². The molecule has 0 aliphatic rings. The van der Waals surface area contributed by atoms with Crippen LogP contribution in [0.5, 0.6) is 0 Å². The van der Waals surface area contributed by atoms with Crippen LogP contribution in [0.2, 0.25) is 0 Å². The van der Waals surface area contributed by atoms with E-state index in [0.29, 0.717) is 12.3 Å². The molecule has 2 unspecified atom stereocenters. The first-order chi connectivity index (χ1) is 15.2. The minimum Gasteiger partial charge on any atom is -0.469 e. The lowest BCUT2D eigenvalue weighted by Gasteiger charge is -2.21. The smallest absolute Gasteiger partial charge is 0.308 e. The number of pyridine rings is 1. The normalized spacial score (nSPS) is 13.5. The quantitative estimate of drug-likeness (QED) is 0.534. The highest BCUT2D eigenvalue weighted by atomic mass is 19.1. The van der Waals surface area contributed by atoms with Crippen molar-refractivity contribution in [3.63, 3.8) is 0 Å². The fourth-order valence-corrected chi connectivity index (χ4v) is 3.69. The lowest BCUT2D eigenvalue weighted by Crippen LogP contribution is -2.20. The Hall–Kier alpha value is -2.61. The predicted octanol–water partition coefficient (Wildman–Crippen LogP) is 4.15. The topological polar surface area (TPSA) is 88.9 Å². The number of esters is 1. The van der Waals surface area contributed by atoms with E-state index in [-0.39, 0.29) is 24.6 Å². The highest BCUT2D eigenvalue weighted by molar-refractivity contribution is 5.76. The molecular weight excluding hydrogens is 413 g/mol. The molecule has 1 aromatic carbocycles. The Bertz CT molecular complexity index is 940. The molecule has 0 aliphatic carbocycles. The molecule has 2 rings (SSSR count). The molecule has 0 radical (unpaired) electrons. The molecule has 0 saturated carbocycles. The maximum Gasteiger partial charge on any atom is 0.308 e. The first-order valence-corrected chi connectivity index (χ1v) is 10.6. The molecule has 174 valence electrons. The number of hydrogen-bond acceptors (Lipinski definition) is 6. The van der Waals surface area contributed by atoms with Crippen molar-refractivity contribution in [1.82, 2.24) is 4.98 Å². The fourth-order valence-electron chi connectivity index (χ4n) is 3.69. The van der Waals surface area contributed by atoms with Crippen LogP contribution < -0.4 is 0 Å². The number of benzene rings is 1. The molecular formula is C25H32FNO5. The van der Waals surface area contributed by atoms with Crippen LogP contribution in [-0.2, 0) is 20.9 Å². The van der Waals surface area contributed by atoms with Gasteiger partial charge < -0.3 is 19.7 Å². The van der Waals surface area contributed by atoms with Crippen molar-refractivity contribution in [1.29, 1.82) is 0 Å². The van der Waals surface area contributed by atoms with Gasteiger partial charge in [-0.25, -0.2) is 4.39 Å². The highest BCUT2D eigenvalue weighted by Crippen LogP contribution is 2.34. The van der Waals surface area contributed by atoms with Crippen LogP contribution in [0.1, 0.15) is 55.0 Å². The number of carbonyl (C=O) groups is 1. The van der Waals surface area contributed by atoms with Crippen LogP contribution in [0.4, 0.5) is 4.39 Å². The number of aromatic nitrogens is 1. The van der Waals surface area contributed by atoms with Gasteiger partial charge in [-0.3, -0.25) is 9.78 Å². The second-order valence-corrected chi connectivity index (χ2v) is 8.04. The molecule has 32 heavy (non-hydrogen) atoms. The summed E-state index contributed by atoms with van der Waals surface area (Å²) < 4.78 is 23.5. The van der Waals surface area contributed by atoms with Gasteiger partial charge in [0.2, 0.25) is 0 Å². The van der Waals surface area contributed by atoms with Crippen molar-refractivity contribution in [3.05, 3.63) is 58.5 Å². The zero-order chi connectivity index (χ0) is 23.8. The zero-order valence-electron chi connectivity index (χ0n) is 19.3. The fraction of sp³-hybridized carbons (Fsp3) is 0.440. The van der Waals surface area contributed by atoms with E-state index >= 15 is 0 Å². The van der Waals surface area contributed by atoms with Crippen molar-refractivity contribution in [3.8, 4) is 11.3 Å². The number of methoxy groups -OCH3 is 2. The minimum absolute atomic E-state index is 0.0152. The summed E-state index contributed by atoms with van der Waals surface area (Å²) in [6, 6.07) is 6.11. The molecule has 0 amide bonds. The Kier molecular flexibility index (Phi) is 9.50. The van der Waals surface area contributed by atoms with Crippen LogP contribution >= 0.6 is 0 Å². The summed E-state index contributed by atoms with van der Waals surface area (Å²) in [4.78, 5) is 16.1. The first-order valence-electron chi connectivity index (χ1n) is 10.6. The largest absolute Gasteiger partial charge is 0.469 e. The number of aliphatic hydroxyl groups is 2. The summed E-state index contributed by atoms with van der Waals surface area (Å²) in [5.41, 5.74) is 5.03. The Morgan fingerprint density at radius 1 is 1.19 bits per heavy atom. The lowest BCUT2D eigenvalue weighted by atomic mass is 9.88. The second-order valence-electron chi connectivity index (χ2n) is 8.04. The molecule has 0 fully saturated rings. The molecule has 1 aromatic heterocycles. The maximum atomic E-state index is 13.5. The predicted molar refractivity (Wildman–Crippen MR) is 121 cm³/mol. The summed E-state index contributed by atoms with van der Waals surface area (Å²) in [7, 11) is 2.87. The van der Waals surface area contributed by atoms with Gasteiger partial charge in [-0.05, 0) is 42.7 Å². The number of carbonyl (C=O) groups excluding carboxylic acids is 1. The summed E-state index contributed by atoms with van der Waals surface area (Å²) in [5, 5.41) is 20.4. The van der Waals surface area contributed by atoms with Gasteiger partial charge in [-0.1, -0.05) is 26.0 Å². The average molecular weight is 446 g/mol. The van der Waals surface area contributed by atoms with Gasteiger partial charge in [0.05, 0.1) is 38.0 Å². The van der Waals surface area contributed by atoms with Gasteiger partial charge in [0.25, 0.3) is 0 Å². The molecule has 0 bridgehead atoms. The van der Waals surface area contributed by atoms with E-state index in [9.17, 15) is 19.4 Å². The Labute approximate surface area is 188 Å². The summed E-state index contributed by atoms with van der Waals surface area (Å²) in [5.74, 6) is -0.748. The van der Waals surface area contributed by atoms with Crippen LogP contribution in [0.3, 0.4) is 0 Å². The van der Waals surface area contributed by atoms with E-state index in [1.165, 1.54) is 19.2 Å². The number of aliphatic hydroxyl groups excluding tert-OH is 2. The maximum absolute atomic E-state index is 13.5. The van der Waals surface area contributed by atoms with Crippen molar-refractivity contribution in [2.24, 2.45) is 0 Å². The molecule has 2 N–H and O–H groups in total. The SMILES string of the molecule is COCc1c(C)nc(-c2ccc(F)cc2)c(C=CC(O)CC(O)CC(=O)OC)c1C(C)C. The van der Waals surface area contributed by atoms with E-state index in [0.717, 1.165) is 27.9 Å². The minimum atomic E-state index is -1.02. The first kappa shape index (κ1) is 25.6.